The van der Waals surface area contributed by atoms with Crippen LogP contribution in [0.2, 0.25) is 0 Å². The Morgan fingerprint density at radius 1 is 1.06 bits per heavy atom. The van der Waals surface area contributed by atoms with E-state index in [2.05, 4.69) is 9.97 Å². The van der Waals surface area contributed by atoms with E-state index < -0.39 is 17.7 Å². The van der Waals surface area contributed by atoms with Gasteiger partial charge in [0.2, 0.25) is 0 Å². The highest BCUT2D eigenvalue weighted by atomic mass is 19.4. The molecule has 4 rings (SSSR count). The number of aromatic nitrogens is 2. The van der Waals surface area contributed by atoms with Crippen molar-refractivity contribution in [2.75, 3.05) is 7.11 Å². The van der Waals surface area contributed by atoms with Crippen LogP contribution in [0.4, 0.5) is 13.2 Å². The third-order valence-electron chi connectivity index (χ3n) is 5.18. The van der Waals surface area contributed by atoms with E-state index in [0.29, 0.717) is 23.0 Å². The smallest absolute Gasteiger partial charge is 0.416 e. The van der Waals surface area contributed by atoms with Crippen molar-refractivity contribution in [2.45, 2.75) is 19.5 Å². The molecular formula is C24H19F3N2O2. The molecule has 0 saturated heterocycles. The Labute approximate surface area is 176 Å². The van der Waals surface area contributed by atoms with Gasteiger partial charge in [-0.3, -0.25) is 0 Å². The fraction of sp³-hybridized carbons (Fsp3) is 0.167. The first-order valence-electron chi connectivity index (χ1n) is 9.60. The molecule has 0 aliphatic rings. The van der Waals surface area contributed by atoms with E-state index in [1.807, 2.05) is 30.3 Å². The number of H-pyrrole nitrogens is 1. The number of methoxy groups -OCH3 is 1. The maximum atomic E-state index is 13.4. The van der Waals surface area contributed by atoms with Crippen LogP contribution in [0.25, 0.3) is 22.2 Å². The van der Waals surface area contributed by atoms with E-state index >= 15 is 0 Å². The molecule has 0 amide bonds. The van der Waals surface area contributed by atoms with Gasteiger partial charge in [-0.25, -0.2) is 9.78 Å². The number of aryl methyl sites for hydroxylation is 1. The van der Waals surface area contributed by atoms with Crippen LogP contribution in [-0.2, 0) is 17.3 Å². The van der Waals surface area contributed by atoms with Crippen molar-refractivity contribution in [1.82, 2.24) is 9.97 Å². The number of carbonyl (C=O) groups is 1. The van der Waals surface area contributed by atoms with Crippen molar-refractivity contribution in [1.29, 1.82) is 0 Å². The van der Waals surface area contributed by atoms with Gasteiger partial charge in [0.25, 0.3) is 0 Å². The zero-order valence-electron chi connectivity index (χ0n) is 16.9. The molecule has 0 fully saturated rings. The summed E-state index contributed by atoms with van der Waals surface area (Å²) in [6.45, 7) is 1.46. The van der Waals surface area contributed by atoms with Gasteiger partial charge in [0.15, 0.2) is 0 Å². The molecule has 0 radical (unpaired) electrons. The minimum absolute atomic E-state index is 0.149. The van der Waals surface area contributed by atoms with E-state index in [0.717, 1.165) is 22.9 Å². The summed E-state index contributed by atoms with van der Waals surface area (Å²) in [6.07, 6.45) is -4.10. The largest absolute Gasteiger partial charge is 0.464 e. The number of hydrogen-bond donors (Lipinski definition) is 1. The van der Waals surface area contributed by atoms with Crippen LogP contribution in [0, 0.1) is 6.92 Å². The highest BCUT2D eigenvalue weighted by Gasteiger charge is 2.33. The van der Waals surface area contributed by atoms with Crippen LogP contribution in [0.3, 0.4) is 0 Å². The average molecular weight is 424 g/mol. The third-order valence-corrected chi connectivity index (χ3v) is 5.18. The Balaban J connectivity index is 1.90. The first-order chi connectivity index (χ1) is 14.8. The minimum Gasteiger partial charge on any atom is -0.464 e. The Kier molecular flexibility index (Phi) is 5.27. The van der Waals surface area contributed by atoms with Gasteiger partial charge in [-0.2, -0.15) is 13.2 Å². The van der Waals surface area contributed by atoms with Crippen LogP contribution >= 0.6 is 0 Å². The van der Waals surface area contributed by atoms with E-state index in [1.54, 1.807) is 24.3 Å². The van der Waals surface area contributed by atoms with Gasteiger partial charge in [0.1, 0.15) is 5.69 Å². The van der Waals surface area contributed by atoms with E-state index in [4.69, 9.17) is 4.74 Å². The SMILES string of the molecule is COC(=O)c1cccc(Cc2c(-c3ccccc3)[nH]c3cc(C(F)(F)F)c(C)cc23)n1. The number of halogens is 3. The molecule has 2 aromatic heterocycles. The molecule has 0 atom stereocenters. The van der Waals surface area contributed by atoms with Gasteiger partial charge in [0, 0.05) is 23.0 Å². The summed E-state index contributed by atoms with van der Waals surface area (Å²) in [6, 6.07) is 17.1. The number of fused-ring (bicyclic) bond motifs is 1. The maximum absolute atomic E-state index is 13.4. The number of pyridine rings is 1. The van der Waals surface area contributed by atoms with Crippen molar-refractivity contribution in [3.05, 3.63) is 88.7 Å². The molecule has 0 aliphatic carbocycles. The topological polar surface area (TPSA) is 55.0 Å². The molecule has 0 bridgehead atoms. The molecule has 2 heterocycles. The molecule has 0 saturated carbocycles. The quantitative estimate of drug-likeness (QED) is 0.413. The molecular weight excluding hydrogens is 405 g/mol. The standard InChI is InChI=1S/C24H19F3N2O2/c1-14-11-17-18(12-16-9-6-10-20(28-16)23(30)31-2)22(15-7-4-3-5-8-15)29-21(17)13-19(14)24(25,26)27/h3-11,13,29H,12H2,1-2H3. The molecule has 0 aliphatic heterocycles. The fourth-order valence-corrected chi connectivity index (χ4v) is 3.72. The normalized spacial score (nSPS) is 11.6. The second-order valence-electron chi connectivity index (χ2n) is 7.24. The van der Waals surface area contributed by atoms with Crippen molar-refractivity contribution in [2.24, 2.45) is 0 Å². The van der Waals surface area contributed by atoms with Crippen molar-refractivity contribution >= 4 is 16.9 Å². The number of benzene rings is 2. The van der Waals surface area contributed by atoms with Gasteiger partial charge < -0.3 is 9.72 Å². The van der Waals surface area contributed by atoms with Crippen molar-refractivity contribution < 1.29 is 22.7 Å². The van der Waals surface area contributed by atoms with E-state index in [9.17, 15) is 18.0 Å². The zero-order valence-corrected chi connectivity index (χ0v) is 16.9. The van der Waals surface area contributed by atoms with Crippen molar-refractivity contribution in [3.8, 4) is 11.3 Å². The lowest BCUT2D eigenvalue weighted by Crippen LogP contribution is -2.07. The first kappa shape index (κ1) is 20.7. The van der Waals surface area contributed by atoms with Gasteiger partial charge in [0.05, 0.1) is 18.4 Å². The molecule has 7 heteroatoms. The molecule has 0 spiro atoms. The van der Waals surface area contributed by atoms with E-state index in [-0.39, 0.29) is 11.3 Å². The van der Waals surface area contributed by atoms with Crippen LogP contribution < -0.4 is 0 Å². The van der Waals surface area contributed by atoms with Crippen LogP contribution in [0.5, 0.6) is 0 Å². The molecule has 4 nitrogen and oxygen atoms in total. The second-order valence-corrected chi connectivity index (χ2v) is 7.24. The lowest BCUT2D eigenvalue weighted by atomic mass is 9.98. The van der Waals surface area contributed by atoms with Gasteiger partial charge in [-0.15, -0.1) is 0 Å². The summed E-state index contributed by atoms with van der Waals surface area (Å²) < 4.78 is 45.1. The average Bonchev–Trinajstić information content (AvgIpc) is 3.10. The summed E-state index contributed by atoms with van der Waals surface area (Å²) in [5.41, 5.74) is 3.05. The third kappa shape index (κ3) is 4.03. The monoisotopic (exact) mass is 424 g/mol. The highest BCUT2D eigenvalue weighted by molar-refractivity contribution is 5.92. The predicted octanol–water partition coefficient (Wildman–Crippen LogP) is 5.93. The predicted molar refractivity (Wildman–Crippen MR) is 112 cm³/mol. The minimum atomic E-state index is -4.44. The summed E-state index contributed by atoms with van der Waals surface area (Å²) in [5, 5.41) is 0.689. The van der Waals surface area contributed by atoms with Gasteiger partial charge in [-0.05, 0) is 47.9 Å². The summed E-state index contributed by atoms with van der Waals surface area (Å²) >= 11 is 0. The Bertz CT molecular complexity index is 1260. The van der Waals surface area contributed by atoms with Gasteiger partial charge >= 0.3 is 12.1 Å². The number of rotatable bonds is 4. The van der Waals surface area contributed by atoms with E-state index in [1.165, 1.54) is 14.0 Å². The summed E-state index contributed by atoms with van der Waals surface area (Å²) in [5.74, 6) is -0.547. The maximum Gasteiger partial charge on any atom is 0.416 e. The number of alkyl halides is 3. The number of ether oxygens (including phenoxy) is 1. The lowest BCUT2D eigenvalue weighted by Gasteiger charge is -2.11. The first-order valence-corrected chi connectivity index (χ1v) is 9.60. The Morgan fingerprint density at radius 2 is 1.81 bits per heavy atom. The Morgan fingerprint density at radius 3 is 2.48 bits per heavy atom. The van der Waals surface area contributed by atoms with Crippen LogP contribution in [-0.4, -0.2) is 23.0 Å². The molecule has 2 aromatic carbocycles. The van der Waals surface area contributed by atoms with Crippen LogP contribution in [0.1, 0.15) is 32.9 Å². The van der Waals surface area contributed by atoms with Crippen molar-refractivity contribution in [3.63, 3.8) is 0 Å². The highest BCUT2D eigenvalue weighted by Crippen LogP contribution is 2.38. The fourth-order valence-electron chi connectivity index (χ4n) is 3.72. The zero-order chi connectivity index (χ0) is 22.2. The number of nitrogens with one attached hydrogen (secondary N) is 1. The van der Waals surface area contributed by atoms with Gasteiger partial charge in [-0.1, -0.05) is 36.4 Å². The number of aromatic amines is 1. The Hall–Kier alpha value is -3.61. The molecule has 31 heavy (non-hydrogen) atoms. The summed E-state index contributed by atoms with van der Waals surface area (Å²) in [4.78, 5) is 19.4. The summed E-state index contributed by atoms with van der Waals surface area (Å²) in [7, 11) is 1.28. The van der Waals surface area contributed by atoms with Crippen LogP contribution in [0.15, 0.2) is 60.7 Å². The number of esters is 1. The number of hydrogen-bond acceptors (Lipinski definition) is 3. The number of carbonyl (C=O) groups excluding carboxylic acids is 1. The molecule has 0 unspecified atom stereocenters. The second kappa shape index (κ2) is 7.91. The lowest BCUT2D eigenvalue weighted by molar-refractivity contribution is -0.137. The molecule has 1 N–H and O–H groups in total. The molecule has 4 aromatic rings. The molecule has 158 valence electrons. The number of nitrogens with zero attached hydrogens (tertiary/aromatic N) is 1.